The lowest BCUT2D eigenvalue weighted by Gasteiger charge is -2.17. The van der Waals surface area contributed by atoms with Crippen molar-refractivity contribution in [3.05, 3.63) is 29.3 Å². The molecule has 20 heavy (non-hydrogen) atoms. The van der Waals surface area contributed by atoms with Crippen LogP contribution in [-0.4, -0.2) is 23.7 Å². The first-order valence-corrected chi connectivity index (χ1v) is 7.24. The normalized spacial score (nSPS) is 11.6. The van der Waals surface area contributed by atoms with Gasteiger partial charge in [-0.3, -0.25) is 0 Å². The van der Waals surface area contributed by atoms with E-state index in [4.69, 9.17) is 17.0 Å². The Morgan fingerprint density at radius 3 is 2.70 bits per heavy atom. The van der Waals surface area contributed by atoms with Crippen LogP contribution < -0.4 is 10.6 Å². The van der Waals surface area contributed by atoms with E-state index in [-0.39, 0.29) is 5.97 Å². The number of rotatable bonds is 5. The van der Waals surface area contributed by atoms with Gasteiger partial charge in [-0.2, -0.15) is 0 Å². The summed E-state index contributed by atoms with van der Waals surface area (Å²) in [7, 11) is 0. The minimum atomic E-state index is -0.323. The fourth-order valence-electron chi connectivity index (χ4n) is 1.58. The SMILES string of the molecule is CCOC(=O)c1ccc(C)c(NC(=S)NC(C)CC)c1. The first-order chi connectivity index (χ1) is 9.47. The summed E-state index contributed by atoms with van der Waals surface area (Å²) in [5.41, 5.74) is 2.36. The second-order valence-corrected chi connectivity index (χ2v) is 5.07. The molecule has 2 N–H and O–H groups in total. The summed E-state index contributed by atoms with van der Waals surface area (Å²) >= 11 is 5.26. The Labute approximate surface area is 125 Å². The smallest absolute Gasteiger partial charge is 0.338 e. The Kier molecular flexibility index (Phi) is 6.45. The van der Waals surface area contributed by atoms with Gasteiger partial charge in [-0.1, -0.05) is 13.0 Å². The van der Waals surface area contributed by atoms with Crippen LogP contribution in [0.25, 0.3) is 0 Å². The largest absolute Gasteiger partial charge is 0.462 e. The summed E-state index contributed by atoms with van der Waals surface area (Å²) in [4.78, 5) is 11.7. The number of carbonyl (C=O) groups excluding carboxylic acids is 1. The summed E-state index contributed by atoms with van der Waals surface area (Å²) in [6.07, 6.45) is 0.990. The average Bonchev–Trinajstić information content (AvgIpc) is 2.41. The van der Waals surface area contributed by atoms with Crippen molar-refractivity contribution >= 4 is 29.0 Å². The molecule has 5 heteroatoms. The maximum atomic E-state index is 11.7. The number of ether oxygens (including phenoxy) is 1. The van der Waals surface area contributed by atoms with Gasteiger partial charge in [-0.15, -0.1) is 0 Å². The monoisotopic (exact) mass is 294 g/mol. The summed E-state index contributed by atoms with van der Waals surface area (Å²) < 4.78 is 4.99. The zero-order valence-corrected chi connectivity index (χ0v) is 13.3. The van der Waals surface area contributed by atoms with Crippen LogP contribution in [0.2, 0.25) is 0 Å². The van der Waals surface area contributed by atoms with Crippen LogP contribution in [0, 0.1) is 6.92 Å². The van der Waals surface area contributed by atoms with E-state index in [1.807, 2.05) is 13.0 Å². The number of hydrogen-bond donors (Lipinski definition) is 2. The molecule has 0 aliphatic carbocycles. The van der Waals surface area contributed by atoms with Crippen molar-refractivity contribution in [2.75, 3.05) is 11.9 Å². The van der Waals surface area contributed by atoms with Crippen LogP contribution in [0.15, 0.2) is 18.2 Å². The van der Waals surface area contributed by atoms with Gasteiger partial charge >= 0.3 is 5.97 Å². The molecule has 0 saturated carbocycles. The molecular formula is C15H22N2O2S. The first kappa shape index (κ1) is 16.4. The standard InChI is InChI=1S/C15H22N2O2S/c1-5-11(4)16-15(20)17-13-9-12(8-7-10(13)3)14(18)19-6-2/h7-9,11H,5-6H2,1-4H3,(H2,16,17,20). The molecule has 1 rings (SSSR count). The van der Waals surface area contributed by atoms with Gasteiger partial charge in [0.2, 0.25) is 0 Å². The van der Waals surface area contributed by atoms with Crippen LogP contribution in [0.1, 0.15) is 43.1 Å². The fraction of sp³-hybridized carbons (Fsp3) is 0.467. The molecular weight excluding hydrogens is 272 g/mol. The minimum Gasteiger partial charge on any atom is -0.462 e. The molecule has 0 radical (unpaired) electrons. The highest BCUT2D eigenvalue weighted by atomic mass is 32.1. The third-order valence-electron chi connectivity index (χ3n) is 2.99. The maximum Gasteiger partial charge on any atom is 0.338 e. The summed E-state index contributed by atoms with van der Waals surface area (Å²) in [6.45, 7) is 8.27. The Morgan fingerprint density at radius 2 is 2.10 bits per heavy atom. The van der Waals surface area contributed by atoms with E-state index in [0.29, 0.717) is 23.3 Å². The van der Waals surface area contributed by atoms with Crippen molar-refractivity contribution in [1.82, 2.24) is 5.32 Å². The third kappa shape index (κ3) is 4.81. The number of anilines is 1. The predicted octanol–water partition coefficient (Wildman–Crippen LogP) is 3.26. The molecule has 0 aliphatic rings. The second kappa shape index (κ2) is 7.85. The molecule has 0 amide bonds. The molecule has 1 aromatic carbocycles. The summed E-state index contributed by atoms with van der Waals surface area (Å²) in [5, 5.41) is 6.87. The lowest BCUT2D eigenvalue weighted by atomic mass is 10.1. The number of hydrogen-bond acceptors (Lipinski definition) is 3. The second-order valence-electron chi connectivity index (χ2n) is 4.66. The van der Waals surface area contributed by atoms with Crippen LogP contribution in [-0.2, 0) is 4.74 Å². The number of thiocarbonyl (C=S) groups is 1. The van der Waals surface area contributed by atoms with Crippen molar-refractivity contribution in [3.63, 3.8) is 0 Å². The van der Waals surface area contributed by atoms with E-state index < -0.39 is 0 Å². The number of carbonyl (C=O) groups is 1. The highest BCUT2D eigenvalue weighted by Gasteiger charge is 2.10. The van der Waals surface area contributed by atoms with Gasteiger partial charge < -0.3 is 15.4 Å². The Balaban J connectivity index is 2.81. The topological polar surface area (TPSA) is 50.4 Å². The highest BCUT2D eigenvalue weighted by molar-refractivity contribution is 7.80. The number of benzene rings is 1. The van der Waals surface area contributed by atoms with E-state index in [2.05, 4.69) is 24.5 Å². The first-order valence-electron chi connectivity index (χ1n) is 6.83. The summed E-state index contributed by atoms with van der Waals surface area (Å²) in [6, 6.07) is 5.70. The molecule has 0 bridgehead atoms. The molecule has 0 spiro atoms. The van der Waals surface area contributed by atoms with E-state index in [9.17, 15) is 4.79 Å². The minimum absolute atomic E-state index is 0.309. The average molecular weight is 294 g/mol. The summed E-state index contributed by atoms with van der Waals surface area (Å²) in [5.74, 6) is -0.323. The van der Waals surface area contributed by atoms with Crippen LogP contribution in [0.3, 0.4) is 0 Å². The predicted molar refractivity (Wildman–Crippen MR) is 86.2 cm³/mol. The Bertz CT molecular complexity index is 489. The molecule has 0 fully saturated rings. The maximum absolute atomic E-state index is 11.7. The molecule has 0 aliphatic heterocycles. The van der Waals surface area contributed by atoms with E-state index in [1.54, 1.807) is 19.1 Å². The molecule has 1 aromatic rings. The molecule has 110 valence electrons. The van der Waals surface area contributed by atoms with Crippen molar-refractivity contribution < 1.29 is 9.53 Å². The van der Waals surface area contributed by atoms with Crippen molar-refractivity contribution in [2.45, 2.75) is 40.2 Å². The van der Waals surface area contributed by atoms with Gasteiger partial charge in [-0.05, 0) is 57.1 Å². The molecule has 0 heterocycles. The Morgan fingerprint density at radius 1 is 1.40 bits per heavy atom. The number of nitrogens with one attached hydrogen (secondary N) is 2. The van der Waals surface area contributed by atoms with Crippen molar-refractivity contribution in [1.29, 1.82) is 0 Å². The highest BCUT2D eigenvalue weighted by Crippen LogP contribution is 2.17. The van der Waals surface area contributed by atoms with Gasteiger partial charge in [-0.25, -0.2) is 4.79 Å². The molecule has 4 nitrogen and oxygen atoms in total. The zero-order chi connectivity index (χ0) is 15.1. The molecule has 1 atom stereocenters. The lowest BCUT2D eigenvalue weighted by molar-refractivity contribution is 0.0526. The fourth-order valence-corrected chi connectivity index (χ4v) is 1.89. The van der Waals surface area contributed by atoms with Gasteiger partial charge in [0.25, 0.3) is 0 Å². The van der Waals surface area contributed by atoms with Crippen LogP contribution in [0.4, 0.5) is 5.69 Å². The van der Waals surface area contributed by atoms with E-state index >= 15 is 0 Å². The quantitative estimate of drug-likeness (QED) is 0.645. The third-order valence-corrected chi connectivity index (χ3v) is 3.21. The molecule has 1 unspecified atom stereocenters. The number of aryl methyl sites for hydroxylation is 1. The Hall–Kier alpha value is -1.62. The zero-order valence-electron chi connectivity index (χ0n) is 12.4. The molecule has 0 aromatic heterocycles. The van der Waals surface area contributed by atoms with Gasteiger partial charge in [0.05, 0.1) is 12.2 Å². The van der Waals surface area contributed by atoms with Crippen LogP contribution >= 0.6 is 12.2 Å². The van der Waals surface area contributed by atoms with Crippen molar-refractivity contribution in [3.8, 4) is 0 Å². The number of esters is 1. The van der Waals surface area contributed by atoms with Gasteiger partial charge in [0.1, 0.15) is 0 Å². The lowest BCUT2D eigenvalue weighted by Crippen LogP contribution is -2.35. The van der Waals surface area contributed by atoms with Gasteiger partial charge in [0, 0.05) is 11.7 Å². The molecule has 0 saturated heterocycles. The van der Waals surface area contributed by atoms with Gasteiger partial charge in [0.15, 0.2) is 5.11 Å². The van der Waals surface area contributed by atoms with Crippen LogP contribution in [0.5, 0.6) is 0 Å². The van der Waals surface area contributed by atoms with Crippen molar-refractivity contribution in [2.24, 2.45) is 0 Å². The van der Waals surface area contributed by atoms with E-state index in [0.717, 1.165) is 17.7 Å². The van der Waals surface area contributed by atoms with E-state index in [1.165, 1.54) is 0 Å².